The highest BCUT2D eigenvalue weighted by atomic mass is 19.4. The predicted molar refractivity (Wildman–Crippen MR) is 129 cm³/mol. The fraction of sp³-hybridized carbons (Fsp3) is 0.269. The van der Waals surface area contributed by atoms with Gasteiger partial charge in [-0.25, -0.2) is 13.2 Å². The number of benzene rings is 2. The monoisotopic (exact) mass is 569 g/mol. The number of carbonyl (C=O) groups is 2. The molecule has 1 unspecified atom stereocenters. The summed E-state index contributed by atoms with van der Waals surface area (Å²) in [6.07, 6.45) is -6.65. The van der Waals surface area contributed by atoms with Crippen LogP contribution in [0.25, 0.3) is 0 Å². The summed E-state index contributed by atoms with van der Waals surface area (Å²) >= 11 is 0. The van der Waals surface area contributed by atoms with Gasteiger partial charge < -0.3 is 24.3 Å². The first-order chi connectivity index (χ1) is 18.9. The zero-order chi connectivity index (χ0) is 29.2. The zero-order valence-electron chi connectivity index (χ0n) is 20.6. The summed E-state index contributed by atoms with van der Waals surface area (Å²) in [5.74, 6) is -3.90. The number of ether oxygens (including phenoxy) is 2. The van der Waals surface area contributed by atoms with Gasteiger partial charge in [-0.2, -0.15) is 0 Å². The van der Waals surface area contributed by atoms with Crippen molar-refractivity contribution in [2.24, 2.45) is 0 Å². The number of aromatic nitrogens is 1. The van der Waals surface area contributed by atoms with Crippen molar-refractivity contribution in [3.8, 4) is 11.5 Å². The molecule has 0 aliphatic carbocycles. The van der Waals surface area contributed by atoms with E-state index in [2.05, 4.69) is 10.1 Å². The van der Waals surface area contributed by atoms with E-state index >= 15 is 4.39 Å². The Morgan fingerprint density at radius 1 is 1.07 bits per heavy atom. The summed E-state index contributed by atoms with van der Waals surface area (Å²) in [5.41, 5.74) is -1.27. The summed E-state index contributed by atoms with van der Waals surface area (Å²) in [7, 11) is 1.32. The number of nitrogens with one attached hydrogen (secondary N) is 1. The molecule has 0 radical (unpaired) electrons. The van der Waals surface area contributed by atoms with Gasteiger partial charge in [0.25, 0.3) is 17.9 Å². The van der Waals surface area contributed by atoms with Crippen LogP contribution in [-0.2, 0) is 11.3 Å². The second-order valence-corrected chi connectivity index (χ2v) is 8.71. The minimum atomic E-state index is -4.94. The Morgan fingerprint density at radius 2 is 1.75 bits per heavy atom. The van der Waals surface area contributed by atoms with Crippen LogP contribution in [0.15, 0.2) is 65.6 Å². The van der Waals surface area contributed by atoms with Gasteiger partial charge in [-0.1, -0.05) is 6.07 Å². The summed E-state index contributed by atoms with van der Waals surface area (Å²) in [4.78, 5) is 40.3. The molecule has 1 aromatic heterocycles. The maximum absolute atomic E-state index is 15.1. The van der Waals surface area contributed by atoms with Gasteiger partial charge in [-0.3, -0.25) is 14.4 Å². The number of hydrogen-bond acceptors (Lipinski definition) is 5. The van der Waals surface area contributed by atoms with Gasteiger partial charge in [0.15, 0.2) is 0 Å². The molecule has 2 atom stereocenters. The number of rotatable bonds is 8. The lowest BCUT2D eigenvalue weighted by atomic mass is 9.93. The topological polar surface area (TPSA) is 89.9 Å². The molecule has 1 saturated heterocycles. The molecule has 3 aromatic rings. The van der Waals surface area contributed by atoms with Crippen molar-refractivity contribution in [1.29, 1.82) is 0 Å². The molecule has 0 spiro atoms. The second kappa shape index (κ2) is 11.3. The van der Waals surface area contributed by atoms with Crippen LogP contribution in [0, 0.1) is 5.82 Å². The first-order valence-electron chi connectivity index (χ1n) is 11.7. The van der Waals surface area contributed by atoms with E-state index in [1.54, 1.807) is 0 Å². The second-order valence-electron chi connectivity index (χ2n) is 8.71. The molecule has 0 bridgehead atoms. The Hall–Kier alpha value is -4.49. The predicted octanol–water partition coefficient (Wildman–Crippen LogP) is 4.09. The number of anilines is 1. The Morgan fingerprint density at radius 3 is 2.35 bits per heavy atom. The SMILES string of the molecule is COc1ccc([C@@H]2CN(c3cccn(CC(F)F)c3=O)C(=O)C2NC(=O)c2ccc(OC(F)(F)F)cc2)c(F)c1. The third kappa shape index (κ3) is 6.21. The highest BCUT2D eigenvalue weighted by molar-refractivity contribution is 6.05. The van der Waals surface area contributed by atoms with Gasteiger partial charge in [0.05, 0.1) is 13.7 Å². The molecule has 1 aliphatic rings. The third-order valence-electron chi connectivity index (χ3n) is 6.18. The first-order valence-corrected chi connectivity index (χ1v) is 11.7. The largest absolute Gasteiger partial charge is 0.573 e. The minimum absolute atomic E-state index is 0.000267. The Labute approximate surface area is 222 Å². The number of methoxy groups -OCH3 is 1. The van der Waals surface area contributed by atoms with E-state index in [0.717, 1.165) is 46.0 Å². The van der Waals surface area contributed by atoms with Gasteiger partial charge in [-0.05, 0) is 48.0 Å². The van der Waals surface area contributed by atoms with E-state index in [-0.39, 0.29) is 29.1 Å². The summed E-state index contributed by atoms with van der Waals surface area (Å²) < 4.78 is 87.8. The summed E-state index contributed by atoms with van der Waals surface area (Å²) in [6.45, 7) is -1.21. The van der Waals surface area contributed by atoms with Gasteiger partial charge in [0, 0.05) is 30.3 Å². The van der Waals surface area contributed by atoms with Crippen LogP contribution in [0.3, 0.4) is 0 Å². The zero-order valence-corrected chi connectivity index (χ0v) is 20.6. The number of pyridine rings is 1. The number of carbonyl (C=O) groups excluding carboxylic acids is 2. The smallest absolute Gasteiger partial charge is 0.497 e. The molecular weight excluding hydrogens is 548 g/mol. The van der Waals surface area contributed by atoms with Crippen LogP contribution in [0.2, 0.25) is 0 Å². The van der Waals surface area contributed by atoms with Crippen molar-refractivity contribution in [2.75, 3.05) is 18.6 Å². The maximum Gasteiger partial charge on any atom is 0.573 e. The standard InChI is InChI=1S/C26H21F6N3O5/c1-39-16-8-9-17(19(27)11-16)18-12-35(20-3-2-10-34(24(20)37)13-21(28)29)25(38)22(18)33-23(36)14-4-6-15(7-5-14)40-26(30,31)32/h2-11,18,21-22H,12-13H2,1H3,(H,33,36)/t18-,22?/m0/s1. The van der Waals surface area contributed by atoms with E-state index in [1.165, 1.54) is 31.4 Å². The molecule has 14 heteroatoms. The van der Waals surface area contributed by atoms with E-state index in [0.29, 0.717) is 0 Å². The van der Waals surface area contributed by atoms with Crippen LogP contribution >= 0.6 is 0 Å². The molecule has 1 aliphatic heterocycles. The molecule has 4 rings (SSSR count). The van der Waals surface area contributed by atoms with Crippen molar-refractivity contribution in [3.05, 3.63) is 88.1 Å². The van der Waals surface area contributed by atoms with Crippen molar-refractivity contribution < 1.29 is 45.4 Å². The van der Waals surface area contributed by atoms with Gasteiger partial charge in [0.1, 0.15) is 29.0 Å². The number of halogens is 6. The number of amides is 2. The fourth-order valence-electron chi connectivity index (χ4n) is 4.38. The molecule has 2 aromatic carbocycles. The van der Waals surface area contributed by atoms with E-state index < -0.39 is 60.2 Å². The van der Waals surface area contributed by atoms with Crippen LogP contribution in [0.5, 0.6) is 11.5 Å². The summed E-state index contributed by atoms with van der Waals surface area (Å²) in [5, 5.41) is 2.46. The highest BCUT2D eigenvalue weighted by Crippen LogP contribution is 2.34. The quantitative estimate of drug-likeness (QED) is 0.413. The molecule has 2 heterocycles. The van der Waals surface area contributed by atoms with Gasteiger partial charge in [0.2, 0.25) is 5.91 Å². The Kier molecular flexibility index (Phi) is 8.07. The van der Waals surface area contributed by atoms with E-state index in [9.17, 15) is 36.3 Å². The van der Waals surface area contributed by atoms with Crippen LogP contribution in [-0.4, -0.2) is 48.9 Å². The van der Waals surface area contributed by atoms with Crippen LogP contribution in [0.1, 0.15) is 21.8 Å². The molecule has 1 fully saturated rings. The van der Waals surface area contributed by atoms with E-state index in [4.69, 9.17) is 4.74 Å². The van der Waals surface area contributed by atoms with Crippen molar-refractivity contribution in [3.63, 3.8) is 0 Å². The molecule has 2 amide bonds. The highest BCUT2D eigenvalue weighted by Gasteiger charge is 2.44. The maximum atomic E-state index is 15.1. The first kappa shape index (κ1) is 28.5. The van der Waals surface area contributed by atoms with Gasteiger partial charge in [-0.15, -0.1) is 13.2 Å². The minimum Gasteiger partial charge on any atom is -0.497 e. The molecule has 1 N–H and O–H groups in total. The normalized spacial score (nSPS) is 17.3. The van der Waals surface area contributed by atoms with E-state index in [1.807, 2.05) is 0 Å². The number of alkyl halides is 5. The third-order valence-corrected chi connectivity index (χ3v) is 6.18. The molecule has 212 valence electrons. The van der Waals surface area contributed by atoms with Crippen LogP contribution in [0.4, 0.5) is 32.0 Å². The van der Waals surface area contributed by atoms with Crippen molar-refractivity contribution in [2.45, 2.75) is 31.3 Å². The lowest BCUT2D eigenvalue weighted by molar-refractivity contribution is -0.274. The Balaban J connectivity index is 1.68. The lowest BCUT2D eigenvalue weighted by Gasteiger charge is -2.19. The molecule has 0 saturated carbocycles. The number of nitrogens with zero attached hydrogens (tertiary/aromatic N) is 2. The Bertz CT molecular complexity index is 1460. The molecule has 40 heavy (non-hydrogen) atoms. The van der Waals surface area contributed by atoms with Gasteiger partial charge >= 0.3 is 6.36 Å². The molecule has 8 nitrogen and oxygen atoms in total. The summed E-state index contributed by atoms with van der Waals surface area (Å²) in [6, 6.07) is 8.85. The average Bonchev–Trinajstić information content (AvgIpc) is 3.19. The van der Waals surface area contributed by atoms with Crippen molar-refractivity contribution in [1.82, 2.24) is 9.88 Å². The van der Waals surface area contributed by atoms with Crippen LogP contribution < -0.4 is 25.2 Å². The fourth-order valence-corrected chi connectivity index (χ4v) is 4.38. The number of hydrogen-bond donors (Lipinski definition) is 1. The van der Waals surface area contributed by atoms with Crippen molar-refractivity contribution >= 4 is 17.5 Å². The lowest BCUT2D eigenvalue weighted by Crippen LogP contribution is -2.44. The average molecular weight is 569 g/mol. The molecular formula is C26H21F6N3O5.